The van der Waals surface area contributed by atoms with Crippen LogP contribution >= 0.6 is 11.5 Å². The van der Waals surface area contributed by atoms with Crippen LogP contribution in [0.2, 0.25) is 0 Å². The van der Waals surface area contributed by atoms with Gasteiger partial charge in [-0.25, -0.2) is 0 Å². The van der Waals surface area contributed by atoms with Crippen LogP contribution in [0.25, 0.3) is 0 Å². The molecule has 1 atom stereocenters. The Morgan fingerprint density at radius 3 is 3.29 bits per heavy atom. The van der Waals surface area contributed by atoms with Gasteiger partial charge in [0.2, 0.25) is 11.0 Å². The van der Waals surface area contributed by atoms with Gasteiger partial charge in [0, 0.05) is 18.1 Å². The molecule has 0 aromatic carbocycles. The van der Waals surface area contributed by atoms with Crippen molar-refractivity contribution in [3.63, 3.8) is 0 Å². The minimum atomic E-state index is -0.312. The van der Waals surface area contributed by atoms with Gasteiger partial charge in [0.25, 0.3) is 0 Å². The number of rotatable bonds is 2. The molecule has 1 unspecified atom stereocenters. The Morgan fingerprint density at radius 2 is 2.64 bits per heavy atom. The first kappa shape index (κ1) is 9.44. The van der Waals surface area contributed by atoms with Crippen molar-refractivity contribution in [1.29, 1.82) is 0 Å². The molecule has 2 heterocycles. The smallest absolute Gasteiger partial charge is 0.245 e. The Balaban J connectivity index is 1.88. The predicted molar refractivity (Wildman–Crippen MR) is 48.9 cm³/mol. The molecule has 1 fully saturated rings. The summed E-state index contributed by atoms with van der Waals surface area (Å²) in [7, 11) is 0. The van der Waals surface area contributed by atoms with Gasteiger partial charge >= 0.3 is 0 Å². The molecule has 8 heteroatoms. The molecular weight excluding hydrogens is 206 g/mol. The highest BCUT2D eigenvalue weighted by atomic mass is 32.1. The standard InChI is InChI=1S/C6H9N5O2S/c12-5(4-3-13-2-1-7-4)8-6-9-10-11-14-6/h4,7H,1-3H2,(H,8,9,11,12). The molecule has 7 nitrogen and oxygen atoms in total. The normalized spacial score (nSPS) is 21.9. The first-order chi connectivity index (χ1) is 6.86. The van der Waals surface area contributed by atoms with E-state index in [0.29, 0.717) is 24.9 Å². The molecule has 0 spiro atoms. The molecule has 1 aromatic rings. The van der Waals surface area contributed by atoms with Crippen molar-refractivity contribution in [1.82, 2.24) is 20.1 Å². The summed E-state index contributed by atoms with van der Waals surface area (Å²) in [6.07, 6.45) is 0. The molecule has 0 saturated carbocycles. The summed E-state index contributed by atoms with van der Waals surface area (Å²) in [6, 6.07) is -0.312. The molecule has 1 aromatic heterocycles. The third-order valence-electron chi connectivity index (χ3n) is 1.77. The highest BCUT2D eigenvalue weighted by molar-refractivity contribution is 7.09. The number of hydrogen-bond acceptors (Lipinski definition) is 7. The number of amides is 1. The van der Waals surface area contributed by atoms with Crippen LogP contribution in [0.5, 0.6) is 0 Å². The molecule has 0 aliphatic carbocycles. The second-order valence-corrected chi connectivity index (χ2v) is 3.47. The summed E-state index contributed by atoms with van der Waals surface area (Å²) in [5, 5.41) is 13.0. The quantitative estimate of drug-likeness (QED) is 0.648. The maximum Gasteiger partial charge on any atom is 0.245 e. The average molecular weight is 215 g/mol. The van der Waals surface area contributed by atoms with E-state index in [4.69, 9.17) is 4.74 Å². The minimum absolute atomic E-state index is 0.164. The van der Waals surface area contributed by atoms with Crippen LogP contribution in [0.3, 0.4) is 0 Å². The van der Waals surface area contributed by atoms with Crippen molar-refractivity contribution in [3.05, 3.63) is 0 Å². The summed E-state index contributed by atoms with van der Waals surface area (Å²) >= 11 is 1.04. The Labute approximate surface area is 84.0 Å². The molecule has 1 aliphatic rings. The fraction of sp³-hybridized carbons (Fsp3) is 0.667. The highest BCUT2D eigenvalue weighted by Gasteiger charge is 2.21. The van der Waals surface area contributed by atoms with Gasteiger partial charge in [-0.1, -0.05) is 9.59 Å². The Kier molecular flexibility index (Phi) is 2.96. The molecule has 0 radical (unpaired) electrons. The van der Waals surface area contributed by atoms with Crippen molar-refractivity contribution in [2.45, 2.75) is 6.04 Å². The Bertz CT molecular complexity index is 297. The summed E-state index contributed by atoms with van der Waals surface area (Å²) in [5.41, 5.74) is 0. The summed E-state index contributed by atoms with van der Waals surface area (Å²) in [5.74, 6) is -0.164. The molecular formula is C6H9N5O2S. The van der Waals surface area contributed by atoms with E-state index in [2.05, 4.69) is 25.4 Å². The maximum absolute atomic E-state index is 11.5. The van der Waals surface area contributed by atoms with Crippen LogP contribution < -0.4 is 10.6 Å². The van der Waals surface area contributed by atoms with Crippen LogP contribution in [0.4, 0.5) is 5.13 Å². The third-order valence-corrected chi connectivity index (χ3v) is 2.28. The zero-order valence-electron chi connectivity index (χ0n) is 7.27. The fourth-order valence-electron chi connectivity index (χ4n) is 1.11. The average Bonchev–Trinajstić information content (AvgIpc) is 2.72. The Hall–Kier alpha value is -1.12. The molecule has 14 heavy (non-hydrogen) atoms. The van der Waals surface area contributed by atoms with E-state index in [1.165, 1.54) is 0 Å². The molecule has 76 valence electrons. The largest absolute Gasteiger partial charge is 0.378 e. The molecule has 0 bridgehead atoms. The van der Waals surface area contributed by atoms with Crippen molar-refractivity contribution in [2.75, 3.05) is 25.1 Å². The summed E-state index contributed by atoms with van der Waals surface area (Å²) < 4.78 is 8.69. The van der Waals surface area contributed by atoms with Crippen molar-refractivity contribution in [3.8, 4) is 0 Å². The van der Waals surface area contributed by atoms with Gasteiger partial charge in [-0.3, -0.25) is 10.1 Å². The highest BCUT2D eigenvalue weighted by Crippen LogP contribution is 2.05. The van der Waals surface area contributed by atoms with Crippen molar-refractivity contribution in [2.24, 2.45) is 0 Å². The van der Waals surface area contributed by atoms with E-state index in [9.17, 15) is 4.79 Å². The first-order valence-electron chi connectivity index (χ1n) is 4.13. The van der Waals surface area contributed by atoms with Gasteiger partial charge in [-0.2, -0.15) is 0 Å². The van der Waals surface area contributed by atoms with E-state index in [-0.39, 0.29) is 11.9 Å². The first-order valence-corrected chi connectivity index (χ1v) is 4.90. The number of aromatic nitrogens is 3. The molecule has 1 aliphatic heterocycles. The lowest BCUT2D eigenvalue weighted by molar-refractivity contribution is -0.120. The van der Waals surface area contributed by atoms with E-state index in [1.807, 2.05) is 0 Å². The van der Waals surface area contributed by atoms with Crippen LogP contribution in [-0.2, 0) is 9.53 Å². The number of carbonyl (C=O) groups excluding carboxylic acids is 1. The maximum atomic E-state index is 11.5. The molecule has 2 N–H and O–H groups in total. The SMILES string of the molecule is O=C(Nc1nnns1)C1COCCN1. The zero-order chi connectivity index (χ0) is 9.80. The second kappa shape index (κ2) is 4.40. The lowest BCUT2D eigenvalue weighted by Crippen LogP contribution is -2.48. The van der Waals surface area contributed by atoms with Crippen LogP contribution in [0.1, 0.15) is 0 Å². The van der Waals surface area contributed by atoms with Gasteiger partial charge in [0.1, 0.15) is 6.04 Å². The van der Waals surface area contributed by atoms with E-state index in [1.54, 1.807) is 0 Å². The Morgan fingerprint density at radius 1 is 1.71 bits per heavy atom. The molecule has 1 saturated heterocycles. The van der Waals surface area contributed by atoms with Gasteiger partial charge in [-0.05, 0) is 5.21 Å². The number of anilines is 1. The number of ether oxygens (including phenoxy) is 1. The topological polar surface area (TPSA) is 89.0 Å². The van der Waals surface area contributed by atoms with E-state index in [0.717, 1.165) is 11.5 Å². The van der Waals surface area contributed by atoms with E-state index >= 15 is 0 Å². The van der Waals surface area contributed by atoms with E-state index < -0.39 is 0 Å². The minimum Gasteiger partial charge on any atom is -0.378 e. The van der Waals surface area contributed by atoms with Gasteiger partial charge in [0.05, 0.1) is 13.2 Å². The summed E-state index contributed by atoms with van der Waals surface area (Å²) in [6.45, 7) is 1.72. The lowest BCUT2D eigenvalue weighted by atomic mass is 10.2. The predicted octanol–water partition coefficient (Wildman–Crippen LogP) is -1.14. The van der Waals surface area contributed by atoms with Crippen LogP contribution in [0, 0.1) is 0 Å². The van der Waals surface area contributed by atoms with Gasteiger partial charge in [0.15, 0.2) is 0 Å². The fourth-order valence-corrected chi connectivity index (χ4v) is 1.48. The lowest BCUT2D eigenvalue weighted by Gasteiger charge is -2.22. The van der Waals surface area contributed by atoms with Crippen molar-refractivity contribution < 1.29 is 9.53 Å². The zero-order valence-corrected chi connectivity index (χ0v) is 8.08. The van der Waals surface area contributed by atoms with Gasteiger partial charge < -0.3 is 10.1 Å². The number of nitrogens with zero attached hydrogens (tertiary/aromatic N) is 3. The number of morpholine rings is 1. The van der Waals surface area contributed by atoms with Gasteiger partial charge in [-0.15, -0.1) is 0 Å². The number of nitrogens with one attached hydrogen (secondary N) is 2. The number of hydrogen-bond donors (Lipinski definition) is 2. The second-order valence-electron chi connectivity index (χ2n) is 2.74. The summed E-state index contributed by atoms with van der Waals surface area (Å²) in [4.78, 5) is 11.5. The number of carbonyl (C=O) groups is 1. The third kappa shape index (κ3) is 2.22. The van der Waals surface area contributed by atoms with Crippen molar-refractivity contribution >= 4 is 22.6 Å². The molecule has 2 rings (SSSR count). The van der Waals surface area contributed by atoms with Crippen LogP contribution in [-0.4, -0.2) is 46.5 Å². The monoisotopic (exact) mass is 215 g/mol. The molecule has 1 amide bonds. The van der Waals surface area contributed by atoms with Crippen LogP contribution in [0.15, 0.2) is 0 Å².